The van der Waals surface area contributed by atoms with E-state index in [2.05, 4.69) is 22.9 Å². The molecule has 0 N–H and O–H groups in total. The van der Waals surface area contributed by atoms with E-state index in [4.69, 9.17) is 0 Å². The molecule has 0 nitrogen and oxygen atoms in total. The van der Waals surface area contributed by atoms with E-state index in [1.165, 1.54) is 37.0 Å². The van der Waals surface area contributed by atoms with Crippen LogP contribution in [0.2, 0.25) is 0 Å². The lowest BCUT2D eigenvalue weighted by atomic mass is 10.1. The number of rotatable bonds is 5. The third-order valence-electron chi connectivity index (χ3n) is 2.24. The maximum absolute atomic E-state index is 12.6. The highest BCUT2D eigenvalue weighted by Crippen LogP contribution is 2.16. The van der Waals surface area contributed by atoms with Crippen molar-refractivity contribution >= 4 is 15.9 Å². The van der Waals surface area contributed by atoms with Crippen molar-refractivity contribution in [3.63, 3.8) is 0 Å². The van der Waals surface area contributed by atoms with Crippen LogP contribution >= 0.6 is 15.9 Å². The highest BCUT2D eigenvalue weighted by Gasteiger charge is 2.04. The molecule has 0 radical (unpaired) electrons. The Morgan fingerprint density at radius 1 is 1.29 bits per heavy atom. The first-order valence-electron chi connectivity index (χ1n) is 5.11. The highest BCUT2D eigenvalue weighted by atomic mass is 79.9. The zero-order valence-electron chi connectivity index (χ0n) is 8.47. The molecule has 0 aliphatic rings. The maximum Gasteiger partial charge on any atom is 0.123 e. The van der Waals surface area contributed by atoms with Crippen LogP contribution in [0.25, 0.3) is 0 Å². The van der Waals surface area contributed by atoms with Crippen LogP contribution < -0.4 is 0 Å². The first-order chi connectivity index (χ1) is 6.72. The van der Waals surface area contributed by atoms with Crippen molar-refractivity contribution < 1.29 is 4.39 Å². The van der Waals surface area contributed by atoms with Gasteiger partial charge in [-0.2, -0.15) is 0 Å². The van der Waals surface area contributed by atoms with Gasteiger partial charge in [0.15, 0.2) is 0 Å². The molecule has 0 fully saturated rings. The van der Waals surface area contributed by atoms with Crippen molar-refractivity contribution in [1.82, 2.24) is 0 Å². The zero-order chi connectivity index (χ0) is 10.4. The largest absolute Gasteiger partial charge is 0.207 e. The van der Waals surface area contributed by atoms with Crippen LogP contribution in [-0.4, -0.2) is 4.83 Å². The summed E-state index contributed by atoms with van der Waals surface area (Å²) >= 11 is 3.64. The summed E-state index contributed by atoms with van der Waals surface area (Å²) in [4.78, 5) is 0.521. The third-order valence-corrected chi connectivity index (χ3v) is 3.02. The Balaban J connectivity index is 2.39. The van der Waals surface area contributed by atoms with Gasteiger partial charge in [0, 0.05) is 4.83 Å². The van der Waals surface area contributed by atoms with Crippen molar-refractivity contribution in [3.8, 4) is 0 Å². The van der Waals surface area contributed by atoms with Crippen LogP contribution in [0.15, 0.2) is 24.3 Å². The van der Waals surface area contributed by atoms with Crippen LogP contribution in [0.1, 0.15) is 31.7 Å². The quantitative estimate of drug-likeness (QED) is 0.691. The Bertz CT molecular complexity index is 256. The first-order valence-corrected chi connectivity index (χ1v) is 6.02. The molecule has 0 amide bonds. The van der Waals surface area contributed by atoms with Crippen LogP contribution in [0.4, 0.5) is 4.39 Å². The summed E-state index contributed by atoms with van der Waals surface area (Å²) in [5.74, 6) is -0.159. The van der Waals surface area contributed by atoms with E-state index in [1.54, 1.807) is 0 Å². The average molecular weight is 259 g/mol. The molecule has 1 aromatic rings. The lowest BCUT2D eigenvalue weighted by molar-refractivity contribution is 0.626. The van der Waals surface area contributed by atoms with E-state index in [0.29, 0.717) is 4.83 Å². The monoisotopic (exact) mass is 258 g/mol. The molecule has 2 heteroatoms. The molecule has 0 aliphatic heterocycles. The van der Waals surface area contributed by atoms with Gasteiger partial charge in [0.1, 0.15) is 5.82 Å². The molecule has 1 atom stereocenters. The number of alkyl halides is 1. The molecule has 0 saturated carbocycles. The van der Waals surface area contributed by atoms with Crippen LogP contribution in [0, 0.1) is 5.82 Å². The van der Waals surface area contributed by atoms with Crippen LogP contribution in [-0.2, 0) is 6.42 Å². The molecular weight excluding hydrogens is 243 g/mol. The lowest BCUT2D eigenvalue weighted by Crippen LogP contribution is -2.02. The number of hydrogen-bond donors (Lipinski definition) is 0. The summed E-state index contributed by atoms with van der Waals surface area (Å²) < 4.78 is 12.6. The fraction of sp³-hybridized carbons (Fsp3) is 0.500. The predicted molar refractivity (Wildman–Crippen MR) is 62.3 cm³/mol. The fourth-order valence-electron chi connectivity index (χ4n) is 1.40. The first kappa shape index (κ1) is 11.7. The van der Waals surface area contributed by atoms with Gasteiger partial charge in [-0.05, 0) is 30.5 Å². The maximum atomic E-state index is 12.6. The minimum atomic E-state index is -0.159. The smallest absolute Gasteiger partial charge is 0.123 e. The van der Waals surface area contributed by atoms with E-state index >= 15 is 0 Å². The lowest BCUT2D eigenvalue weighted by Gasteiger charge is -2.08. The summed E-state index contributed by atoms with van der Waals surface area (Å²) in [6.07, 6.45) is 4.65. The van der Waals surface area contributed by atoms with Gasteiger partial charge in [-0.25, -0.2) is 4.39 Å². The van der Waals surface area contributed by atoms with Gasteiger partial charge >= 0.3 is 0 Å². The second-order valence-corrected chi connectivity index (χ2v) is 4.87. The number of halogens is 2. The molecule has 0 saturated heterocycles. The molecule has 0 spiro atoms. The van der Waals surface area contributed by atoms with Crippen molar-refractivity contribution in [2.75, 3.05) is 0 Å². The van der Waals surface area contributed by atoms with Gasteiger partial charge in [0.25, 0.3) is 0 Å². The summed E-state index contributed by atoms with van der Waals surface area (Å²) in [6, 6.07) is 6.76. The Morgan fingerprint density at radius 3 is 2.50 bits per heavy atom. The summed E-state index contributed by atoms with van der Waals surface area (Å²) in [5.41, 5.74) is 1.20. The molecule has 1 aromatic carbocycles. The highest BCUT2D eigenvalue weighted by molar-refractivity contribution is 9.09. The standard InChI is InChI=1S/C12H16BrF/c1-2-3-4-11(13)9-10-5-7-12(14)8-6-10/h5-8,11H,2-4,9H2,1H3. The van der Waals surface area contributed by atoms with Gasteiger partial charge in [-0.1, -0.05) is 47.8 Å². The Kier molecular flexibility index (Phi) is 5.16. The molecule has 1 unspecified atom stereocenters. The topological polar surface area (TPSA) is 0 Å². The van der Waals surface area contributed by atoms with Crippen molar-refractivity contribution in [2.24, 2.45) is 0 Å². The summed E-state index contributed by atoms with van der Waals surface area (Å²) in [6.45, 7) is 2.19. The average Bonchev–Trinajstić information content (AvgIpc) is 2.18. The number of unbranched alkanes of at least 4 members (excludes halogenated alkanes) is 1. The molecule has 0 heterocycles. The summed E-state index contributed by atoms with van der Waals surface area (Å²) in [5, 5.41) is 0. The Morgan fingerprint density at radius 2 is 1.93 bits per heavy atom. The number of benzene rings is 1. The molecule has 1 rings (SSSR count). The van der Waals surface area contributed by atoms with E-state index < -0.39 is 0 Å². The Hall–Kier alpha value is -0.370. The van der Waals surface area contributed by atoms with Gasteiger partial charge in [-0.15, -0.1) is 0 Å². The minimum Gasteiger partial charge on any atom is -0.207 e. The van der Waals surface area contributed by atoms with E-state index in [9.17, 15) is 4.39 Å². The zero-order valence-corrected chi connectivity index (χ0v) is 10.1. The third kappa shape index (κ3) is 4.23. The molecule has 0 aromatic heterocycles. The van der Waals surface area contributed by atoms with E-state index in [0.717, 1.165) is 6.42 Å². The predicted octanol–water partition coefficient (Wildman–Crippen LogP) is 4.32. The van der Waals surface area contributed by atoms with E-state index in [-0.39, 0.29) is 5.82 Å². The van der Waals surface area contributed by atoms with E-state index in [1.807, 2.05) is 12.1 Å². The van der Waals surface area contributed by atoms with Crippen LogP contribution in [0.3, 0.4) is 0 Å². The molecular formula is C12H16BrF. The minimum absolute atomic E-state index is 0.159. The number of hydrogen-bond acceptors (Lipinski definition) is 0. The van der Waals surface area contributed by atoms with Gasteiger partial charge in [0.05, 0.1) is 0 Å². The van der Waals surface area contributed by atoms with Crippen molar-refractivity contribution in [3.05, 3.63) is 35.6 Å². The second-order valence-electron chi connectivity index (χ2n) is 3.57. The molecule has 14 heavy (non-hydrogen) atoms. The molecule has 0 bridgehead atoms. The van der Waals surface area contributed by atoms with Gasteiger partial charge in [-0.3, -0.25) is 0 Å². The van der Waals surface area contributed by atoms with Crippen molar-refractivity contribution in [2.45, 2.75) is 37.4 Å². The summed E-state index contributed by atoms with van der Waals surface area (Å²) in [7, 11) is 0. The van der Waals surface area contributed by atoms with Crippen LogP contribution in [0.5, 0.6) is 0 Å². The molecule has 0 aliphatic carbocycles. The normalized spacial score (nSPS) is 12.8. The Labute approximate surface area is 93.7 Å². The fourth-order valence-corrected chi connectivity index (χ4v) is 2.10. The van der Waals surface area contributed by atoms with Gasteiger partial charge < -0.3 is 0 Å². The van der Waals surface area contributed by atoms with Gasteiger partial charge in [0.2, 0.25) is 0 Å². The second kappa shape index (κ2) is 6.18. The van der Waals surface area contributed by atoms with Crippen molar-refractivity contribution in [1.29, 1.82) is 0 Å². The SMILES string of the molecule is CCCCC(Br)Cc1ccc(F)cc1. The molecule has 78 valence electrons.